The van der Waals surface area contributed by atoms with Crippen LogP contribution in [0.2, 0.25) is 0 Å². The minimum absolute atomic E-state index is 0.0307. The van der Waals surface area contributed by atoms with Crippen LogP contribution >= 0.6 is 11.3 Å². The van der Waals surface area contributed by atoms with Gasteiger partial charge in [-0.05, 0) is 38.7 Å². The number of hydrogen-bond donors (Lipinski definition) is 0. The summed E-state index contributed by atoms with van der Waals surface area (Å²) in [5.74, 6) is 0.806. The monoisotopic (exact) mass is 276 g/mol. The van der Waals surface area contributed by atoms with E-state index in [1.807, 2.05) is 6.92 Å². The summed E-state index contributed by atoms with van der Waals surface area (Å²) in [6.45, 7) is 3.83. The van der Waals surface area contributed by atoms with E-state index < -0.39 is 0 Å². The number of aryl methyl sites for hydroxylation is 3. The number of thiophene rings is 1. The molecule has 0 spiro atoms. The molecule has 0 bridgehead atoms. The molecule has 0 aliphatic heterocycles. The van der Waals surface area contributed by atoms with Crippen molar-refractivity contribution in [1.29, 1.82) is 0 Å². The number of carbonyl (C=O) groups is 1. The van der Waals surface area contributed by atoms with Crippen LogP contribution in [0.25, 0.3) is 10.2 Å². The highest BCUT2D eigenvalue weighted by molar-refractivity contribution is 7.18. The minimum atomic E-state index is 0.0307. The van der Waals surface area contributed by atoms with Crippen LogP contribution in [0.4, 0.5) is 0 Å². The first kappa shape index (κ1) is 12.5. The van der Waals surface area contributed by atoms with Crippen LogP contribution in [-0.4, -0.2) is 15.3 Å². The van der Waals surface area contributed by atoms with Gasteiger partial charge in [0.1, 0.15) is 16.4 Å². The molecule has 19 heavy (non-hydrogen) atoms. The fourth-order valence-electron chi connectivity index (χ4n) is 2.71. The summed E-state index contributed by atoms with van der Waals surface area (Å²) < 4.78 is 1.65. The van der Waals surface area contributed by atoms with Gasteiger partial charge in [0.25, 0.3) is 5.56 Å². The number of aromatic nitrogens is 2. The zero-order valence-corrected chi connectivity index (χ0v) is 12.0. The van der Waals surface area contributed by atoms with E-state index >= 15 is 0 Å². The summed E-state index contributed by atoms with van der Waals surface area (Å²) in [4.78, 5) is 30.4. The van der Waals surface area contributed by atoms with Gasteiger partial charge in [0, 0.05) is 17.8 Å². The third kappa shape index (κ3) is 2.02. The first-order chi connectivity index (χ1) is 9.08. The van der Waals surface area contributed by atoms with Crippen molar-refractivity contribution in [2.45, 2.75) is 46.1 Å². The van der Waals surface area contributed by atoms with E-state index in [2.05, 4.69) is 4.98 Å². The van der Waals surface area contributed by atoms with E-state index in [1.165, 1.54) is 10.4 Å². The summed E-state index contributed by atoms with van der Waals surface area (Å²) in [6.07, 6.45) is 3.59. The third-order valence-corrected chi connectivity index (χ3v) is 4.89. The molecule has 0 radical (unpaired) electrons. The highest BCUT2D eigenvalue weighted by atomic mass is 32.1. The molecular weight excluding hydrogens is 260 g/mol. The standard InChI is InChI=1S/C14H16N2O2S/c1-8(17)6-7-16-9(2)15-13-12(14(16)18)10-4-3-5-11(10)19-13/h3-7H2,1-2H3. The zero-order chi connectivity index (χ0) is 13.6. The third-order valence-electron chi connectivity index (χ3n) is 3.70. The van der Waals surface area contributed by atoms with E-state index in [9.17, 15) is 9.59 Å². The number of hydrogen-bond acceptors (Lipinski definition) is 4. The molecule has 0 atom stereocenters. The van der Waals surface area contributed by atoms with E-state index in [-0.39, 0.29) is 11.3 Å². The normalized spacial score (nSPS) is 14.0. The number of fused-ring (bicyclic) bond motifs is 3. The van der Waals surface area contributed by atoms with Crippen molar-refractivity contribution < 1.29 is 4.79 Å². The molecule has 1 aliphatic rings. The van der Waals surface area contributed by atoms with Crippen molar-refractivity contribution in [3.63, 3.8) is 0 Å². The lowest BCUT2D eigenvalue weighted by molar-refractivity contribution is -0.117. The van der Waals surface area contributed by atoms with Crippen molar-refractivity contribution >= 4 is 27.3 Å². The molecule has 3 rings (SSSR count). The zero-order valence-electron chi connectivity index (χ0n) is 11.2. The van der Waals surface area contributed by atoms with Gasteiger partial charge in [-0.2, -0.15) is 0 Å². The largest absolute Gasteiger partial charge is 0.300 e. The summed E-state index contributed by atoms with van der Waals surface area (Å²) in [7, 11) is 0. The second kappa shape index (κ2) is 4.56. The van der Waals surface area contributed by atoms with Gasteiger partial charge in [-0.1, -0.05) is 0 Å². The molecule has 2 aromatic rings. The van der Waals surface area contributed by atoms with Gasteiger partial charge in [-0.25, -0.2) is 4.98 Å². The second-order valence-corrected chi connectivity index (χ2v) is 6.19. The first-order valence-electron chi connectivity index (χ1n) is 6.59. The summed E-state index contributed by atoms with van der Waals surface area (Å²) in [5.41, 5.74) is 1.23. The average molecular weight is 276 g/mol. The quantitative estimate of drug-likeness (QED) is 0.864. The Labute approximate surface area is 115 Å². The predicted molar refractivity (Wildman–Crippen MR) is 75.9 cm³/mol. The second-order valence-electron chi connectivity index (χ2n) is 5.11. The average Bonchev–Trinajstić information content (AvgIpc) is 2.87. The fourth-order valence-corrected chi connectivity index (χ4v) is 4.01. The van der Waals surface area contributed by atoms with Crippen LogP contribution in [0.1, 0.15) is 36.0 Å². The van der Waals surface area contributed by atoms with Crippen LogP contribution < -0.4 is 5.56 Å². The fraction of sp³-hybridized carbons (Fsp3) is 0.500. The van der Waals surface area contributed by atoms with Crippen LogP contribution in [-0.2, 0) is 24.2 Å². The van der Waals surface area contributed by atoms with Crippen molar-refractivity contribution in [2.75, 3.05) is 0 Å². The van der Waals surface area contributed by atoms with E-state index in [0.717, 1.165) is 29.5 Å². The SMILES string of the molecule is CC(=O)CCn1c(C)nc2sc3c(c2c1=O)CCC3. The maximum atomic E-state index is 12.6. The van der Waals surface area contributed by atoms with Gasteiger partial charge in [0.2, 0.25) is 0 Å². The molecule has 5 heteroatoms. The summed E-state index contributed by atoms with van der Waals surface area (Å²) in [5, 5.41) is 0.798. The molecule has 100 valence electrons. The lowest BCUT2D eigenvalue weighted by Crippen LogP contribution is -2.24. The molecule has 2 aromatic heterocycles. The lowest BCUT2D eigenvalue weighted by Gasteiger charge is -2.08. The number of nitrogens with zero attached hydrogens (tertiary/aromatic N) is 2. The molecule has 4 nitrogen and oxygen atoms in total. The Balaban J connectivity index is 2.17. The maximum absolute atomic E-state index is 12.6. The predicted octanol–water partition coefficient (Wildman–Crippen LogP) is 2.23. The van der Waals surface area contributed by atoms with Gasteiger partial charge in [0.05, 0.1) is 5.39 Å². The molecule has 0 aromatic carbocycles. The number of rotatable bonds is 3. The summed E-state index contributed by atoms with van der Waals surface area (Å²) in [6, 6.07) is 0. The van der Waals surface area contributed by atoms with Crippen molar-refractivity contribution in [1.82, 2.24) is 9.55 Å². The molecule has 0 N–H and O–H groups in total. The molecule has 0 unspecified atom stereocenters. The lowest BCUT2D eigenvalue weighted by atomic mass is 10.2. The first-order valence-corrected chi connectivity index (χ1v) is 7.40. The Morgan fingerprint density at radius 2 is 2.21 bits per heavy atom. The van der Waals surface area contributed by atoms with Gasteiger partial charge < -0.3 is 0 Å². The smallest absolute Gasteiger partial charge is 0.262 e. The van der Waals surface area contributed by atoms with Gasteiger partial charge in [-0.15, -0.1) is 11.3 Å². The minimum Gasteiger partial charge on any atom is -0.300 e. The molecular formula is C14H16N2O2S. The molecule has 0 amide bonds. The topological polar surface area (TPSA) is 52.0 Å². The molecule has 0 fully saturated rings. The Bertz CT molecular complexity index is 727. The van der Waals surface area contributed by atoms with E-state index in [0.29, 0.717) is 18.8 Å². The Hall–Kier alpha value is -1.49. The van der Waals surface area contributed by atoms with Crippen LogP contribution in [0, 0.1) is 6.92 Å². The summed E-state index contributed by atoms with van der Waals surface area (Å²) >= 11 is 1.66. The van der Waals surface area contributed by atoms with Gasteiger partial charge >= 0.3 is 0 Å². The van der Waals surface area contributed by atoms with Gasteiger partial charge in [0.15, 0.2) is 0 Å². The number of Topliss-reactive ketones (excluding diaryl/α,β-unsaturated/α-hetero) is 1. The van der Waals surface area contributed by atoms with Crippen LogP contribution in [0.15, 0.2) is 4.79 Å². The molecule has 2 heterocycles. The van der Waals surface area contributed by atoms with E-state index in [1.54, 1.807) is 22.8 Å². The highest BCUT2D eigenvalue weighted by Gasteiger charge is 2.22. The van der Waals surface area contributed by atoms with Crippen molar-refractivity contribution in [2.24, 2.45) is 0 Å². The van der Waals surface area contributed by atoms with E-state index in [4.69, 9.17) is 0 Å². The number of carbonyl (C=O) groups excluding carboxylic acids is 1. The molecule has 0 saturated carbocycles. The van der Waals surface area contributed by atoms with Crippen LogP contribution in [0.5, 0.6) is 0 Å². The maximum Gasteiger partial charge on any atom is 0.262 e. The Morgan fingerprint density at radius 1 is 1.42 bits per heavy atom. The Kier molecular flexibility index (Phi) is 3.01. The molecule has 1 aliphatic carbocycles. The van der Waals surface area contributed by atoms with Crippen LogP contribution in [0.3, 0.4) is 0 Å². The van der Waals surface area contributed by atoms with Gasteiger partial charge in [-0.3, -0.25) is 14.2 Å². The Morgan fingerprint density at radius 3 is 2.95 bits per heavy atom. The highest BCUT2D eigenvalue weighted by Crippen LogP contribution is 2.34. The number of ketones is 1. The molecule has 0 saturated heterocycles. The van der Waals surface area contributed by atoms with Crippen molar-refractivity contribution in [3.05, 3.63) is 26.6 Å². The van der Waals surface area contributed by atoms with Crippen molar-refractivity contribution in [3.8, 4) is 0 Å².